The molecule has 0 atom stereocenters. The number of carbonyl (C=O) groups excluding carboxylic acids is 1. The first-order chi connectivity index (χ1) is 13.7. The summed E-state index contributed by atoms with van der Waals surface area (Å²) < 4.78 is 11.1. The smallest absolute Gasteiger partial charge is 0.228 e. The molecule has 1 amide bonds. The number of aryl methyl sites for hydroxylation is 1. The van der Waals surface area contributed by atoms with Gasteiger partial charge in [-0.25, -0.2) is 4.98 Å². The van der Waals surface area contributed by atoms with Gasteiger partial charge < -0.3 is 20.1 Å². The lowest BCUT2D eigenvalue weighted by Crippen LogP contribution is -2.15. The van der Waals surface area contributed by atoms with Crippen molar-refractivity contribution >= 4 is 23.1 Å². The Morgan fingerprint density at radius 2 is 1.82 bits per heavy atom. The quantitative estimate of drug-likeness (QED) is 0.703. The summed E-state index contributed by atoms with van der Waals surface area (Å²) in [6, 6.07) is 17.2. The highest BCUT2D eigenvalue weighted by Crippen LogP contribution is 2.33. The number of anilines is 3. The van der Waals surface area contributed by atoms with Crippen molar-refractivity contribution in [1.29, 1.82) is 0 Å². The lowest BCUT2D eigenvalue weighted by atomic mass is 10.1. The summed E-state index contributed by atoms with van der Waals surface area (Å²) in [7, 11) is 0. The van der Waals surface area contributed by atoms with Gasteiger partial charge in [0.15, 0.2) is 11.5 Å². The van der Waals surface area contributed by atoms with Crippen molar-refractivity contribution in [2.45, 2.75) is 13.3 Å². The van der Waals surface area contributed by atoms with Crippen LogP contribution in [0.25, 0.3) is 0 Å². The van der Waals surface area contributed by atoms with Gasteiger partial charge in [0.25, 0.3) is 0 Å². The van der Waals surface area contributed by atoms with Crippen molar-refractivity contribution in [3.63, 3.8) is 0 Å². The number of aromatic nitrogens is 1. The van der Waals surface area contributed by atoms with E-state index < -0.39 is 0 Å². The molecule has 0 spiro atoms. The van der Waals surface area contributed by atoms with Crippen molar-refractivity contribution in [2.75, 3.05) is 23.8 Å². The van der Waals surface area contributed by atoms with Crippen LogP contribution < -0.4 is 20.1 Å². The molecule has 2 heterocycles. The zero-order valence-corrected chi connectivity index (χ0v) is 15.6. The molecule has 1 aliphatic rings. The second-order valence-corrected chi connectivity index (χ2v) is 6.63. The monoisotopic (exact) mass is 375 g/mol. The Labute approximate surface area is 163 Å². The molecule has 0 bridgehead atoms. The predicted octanol–water partition coefficient (Wildman–Crippen LogP) is 4.09. The third-order valence-corrected chi connectivity index (χ3v) is 4.31. The molecule has 0 saturated carbocycles. The fourth-order valence-electron chi connectivity index (χ4n) is 3.02. The third-order valence-electron chi connectivity index (χ3n) is 4.31. The Balaban J connectivity index is 1.36. The molecule has 1 aliphatic heterocycles. The zero-order chi connectivity index (χ0) is 19.3. The van der Waals surface area contributed by atoms with Crippen LogP contribution in [0.4, 0.5) is 17.2 Å². The number of benzene rings is 2. The molecule has 1 aromatic heterocycles. The van der Waals surface area contributed by atoms with Crippen LogP contribution >= 0.6 is 0 Å². The van der Waals surface area contributed by atoms with E-state index in [0.29, 0.717) is 31.1 Å². The first kappa shape index (κ1) is 17.9. The summed E-state index contributed by atoms with van der Waals surface area (Å²) in [5, 5.41) is 6.10. The third kappa shape index (κ3) is 4.40. The van der Waals surface area contributed by atoms with Gasteiger partial charge >= 0.3 is 0 Å². The Morgan fingerprint density at radius 3 is 2.61 bits per heavy atom. The number of carbonyl (C=O) groups is 1. The fraction of sp³-hybridized carbons (Fsp3) is 0.182. The zero-order valence-electron chi connectivity index (χ0n) is 15.6. The number of hydrogen-bond donors (Lipinski definition) is 2. The minimum Gasteiger partial charge on any atom is -0.486 e. The van der Waals surface area contributed by atoms with E-state index >= 15 is 0 Å². The molecule has 3 aromatic rings. The molecule has 0 unspecified atom stereocenters. The Morgan fingerprint density at radius 1 is 1.00 bits per heavy atom. The number of fused-ring (bicyclic) bond motifs is 1. The maximum absolute atomic E-state index is 12.2. The van der Waals surface area contributed by atoms with Crippen molar-refractivity contribution in [3.8, 4) is 11.5 Å². The number of nitrogens with zero attached hydrogens (tertiary/aromatic N) is 1. The van der Waals surface area contributed by atoms with Crippen LogP contribution in [0.1, 0.15) is 11.1 Å². The molecule has 0 radical (unpaired) electrons. The predicted molar refractivity (Wildman–Crippen MR) is 108 cm³/mol. The van der Waals surface area contributed by atoms with E-state index in [2.05, 4.69) is 15.6 Å². The number of nitrogens with one attached hydrogen (secondary N) is 2. The average Bonchev–Trinajstić information content (AvgIpc) is 2.69. The highest BCUT2D eigenvalue weighted by Gasteiger charge is 2.12. The number of amides is 1. The van der Waals surface area contributed by atoms with Crippen molar-refractivity contribution in [1.82, 2.24) is 4.98 Å². The fourth-order valence-corrected chi connectivity index (χ4v) is 3.02. The van der Waals surface area contributed by atoms with E-state index in [1.54, 1.807) is 6.20 Å². The first-order valence-electron chi connectivity index (χ1n) is 9.14. The Kier molecular flexibility index (Phi) is 5.10. The second-order valence-electron chi connectivity index (χ2n) is 6.63. The largest absolute Gasteiger partial charge is 0.486 e. The molecule has 2 aromatic carbocycles. The van der Waals surface area contributed by atoms with Gasteiger partial charge in [0.2, 0.25) is 5.91 Å². The van der Waals surface area contributed by atoms with Gasteiger partial charge in [-0.3, -0.25) is 4.79 Å². The molecule has 4 rings (SSSR count). The topological polar surface area (TPSA) is 72.5 Å². The number of ether oxygens (including phenoxy) is 2. The van der Waals surface area contributed by atoms with E-state index in [9.17, 15) is 4.79 Å². The summed E-state index contributed by atoms with van der Waals surface area (Å²) >= 11 is 0. The van der Waals surface area contributed by atoms with Crippen LogP contribution in [0.3, 0.4) is 0 Å². The molecule has 142 valence electrons. The normalized spacial score (nSPS) is 12.3. The van der Waals surface area contributed by atoms with Gasteiger partial charge in [-0.05, 0) is 36.8 Å². The summed E-state index contributed by atoms with van der Waals surface area (Å²) in [4.78, 5) is 16.6. The van der Waals surface area contributed by atoms with E-state index in [-0.39, 0.29) is 5.91 Å². The molecule has 0 fully saturated rings. The van der Waals surface area contributed by atoms with Crippen LogP contribution in [0.2, 0.25) is 0 Å². The highest BCUT2D eigenvalue weighted by atomic mass is 16.6. The highest BCUT2D eigenvalue weighted by molar-refractivity contribution is 5.92. The van der Waals surface area contributed by atoms with Gasteiger partial charge in [0.1, 0.15) is 19.0 Å². The van der Waals surface area contributed by atoms with E-state index in [0.717, 1.165) is 28.3 Å². The molecule has 6 nitrogen and oxygen atoms in total. The number of hydrogen-bond acceptors (Lipinski definition) is 5. The van der Waals surface area contributed by atoms with Crippen LogP contribution in [0, 0.1) is 6.92 Å². The summed E-state index contributed by atoms with van der Waals surface area (Å²) in [6.45, 7) is 3.13. The first-order valence-corrected chi connectivity index (χ1v) is 9.14. The van der Waals surface area contributed by atoms with Gasteiger partial charge in [0, 0.05) is 11.8 Å². The number of pyridine rings is 1. The number of rotatable bonds is 5. The van der Waals surface area contributed by atoms with Crippen LogP contribution in [0.5, 0.6) is 11.5 Å². The molecular formula is C22H21N3O3. The lowest BCUT2D eigenvalue weighted by Gasteiger charge is -2.19. The van der Waals surface area contributed by atoms with E-state index in [1.807, 2.05) is 61.5 Å². The standard InChI is InChI=1S/C22H21N3O3/c1-15-3-2-4-16(11-15)12-22(26)25-18-6-8-21(23-14-18)24-17-5-7-19-20(13-17)28-10-9-27-19/h2-8,11,13-14H,9-10,12H2,1H3,(H,23,24)(H,25,26). The van der Waals surface area contributed by atoms with Crippen LogP contribution in [-0.2, 0) is 11.2 Å². The maximum Gasteiger partial charge on any atom is 0.228 e. The molecule has 0 saturated heterocycles. The summed E-state index contributed by atoms with van der Waals surface area (Å²) in [6.07, 6.45) is 1.97. The lowest BCUT2D eigenvalue weighted by molar-refractivity contribution is -0.115. The summed E-state index contributed by atoms with van der Waals surface area (Å²) in [5.41, 5.74) is 3.64. The molecular weight excluding hydrogens is 354 g/mol. The Hall–Kier alpha value is -3.54. The molecule has 0 aliphatic carbocycles. The van der Waals surface area contributed by atoms with Crippen LogP contribution in [0.15, 0.2) is 60.8 Å². The summed E-state index contributed by atoms with van der Waals surface area (Å²) in [5.74, 6) is 2.07. The SMILES string of the molecule is Cc1cccc(CC(=O)Nc2ccc(Nc3ccc4c(c3)OCCO4)nc2)c1. The van der Waals surface area contributed by atoms with Crippen LogP contribution in [-0.4, -0.2) is 24.1 Å². The van der Waals surface area contributed by atoms with Crippen molar-refractivity contribution in [2.24, 2.45) is 0 Å². The van der Waals surface area contributed by atoms with Gasteiger partial charge in [0.05, 0.1) is 18.3 Å². The molecule has 28 heavy (non-hydrogen) atoms. The molecule has 6 heteroatoms. The van der Waals surface area contributed by atoms with E-state index in [4.69, 9.17) is 9.47 Å². The average molecular weight is 375 g/mol. The van der Waals surface area contributed by atoms with Crippen molar-refractivity contribution in [3.05, 3.63) is 71.9 Å². The Bertz CT molecular complexity index is 987. The molecule has 2 N–H and O–H groups in total. The van der Waals surface area contributed by atoms with Gasteiger partial charge in [-0.2, -0.15) is 0 Å². The van der Waals surface area contributed by atoms with E-state index in [1.165, 1.54) is 0 Å². The minimum absolute atomic E-state index is 0.0695. The van der Waals surface area contributed by atoms with Crippen molar-refractivity contribution < 1.29 is 14.3 Å². The van der Waals surface area contributed by atoms with Gasteiger partial charge in [-0.1, -0.05) is 29.8 Å². The maximum atomic E-state index is 12.2. The second kappa shape index (κ2) is 8.00. The van der Waals surface area contributed by atoms with Gasteiger partial charge in [-0.15, -0.1) is 0 Å². The minimum atomic E-state index is -0.0695.